The third-order valence-electron chi connectivity index (χ3n) is 4.00. The maximum Gasteiger partial charge on any atom is 0.356 e. The largest absolute Gasteiger partial charge is 0.390 e. The van der Waals surface area contributed by atoms with E-state index >= 15 is 0 Å². The lowest BCUT2D eigenvalue weighted by atomic mass is 10.1. The van der Waals surface area contributed by atoms with E-state index in [4.69, 9.17) is 9.36 Å². The zero-order valence-electron chi connectivity index (χ0n) is 15.5. The fraction of sp³-hybridized carbons (Fsp3) is 0.647. The van der Waals surface area contributed by atoms with Crippen molar-refractivity contribution in [3.8, 4) is 0 Å². The van der Waals surface area contributed by atoms with Gasteiger partial charge in [0.1, 0.15) is 6.10 Å². The van der Waals surface area contributed by atoms with Crippen LogP contribution in [-0.4, -0.2) is 62.1 Å². The fourth-order valence-corrected chi connectivity index (χ4v) is 3.41. The second-order valence-corrected chi connectivity index (χ2v) is 8.29. The number of aliphatic hydroxyl groups excluding tert-OH is 4. The highest BCUT2D eigenvalue weighted by Crippen LogP contribution is 2.49. The molecule has 0 heterocycles. The molecule has 0 saturated carbocycles. The number of hydrogen-bond donors (Lipinski definition) is 6. The Morgan fingerprint density at radius 3 is 2.33 bits per heavy atom. The normalized spacial score (nSPS) is 19.7. The monoisotopic (exact) mass is 407 g/mol. The van der Waals surface area contributed by atoms with Gasteiger partial charge in [0, 0.05) is 13.0 Å². The number of nitrogens with one attached hydrogen (secondary N) is 1. The summed E-state index contributed by atoms with van der Waals surface area (Å²) < 4.78 is 16.8. The lowest BCUT2D eigenvalue weighted by Gasteiger charge is -2.27. The standard InChI is InChI=1S/C17H30NO8P/c1-3-12(2)26-27(23,24)16(21)9-14(19)17(22)15(20)10-18-25-11-13-7-5-4-6-8-13/h4-8,12,14-22H,3,9-11H2,1-2H3,(H,23,24)/t12?,14-,15+,16?,17-/m1/s1. The van der Waals surface area contributed by atoms with Crippen molar-refractivity contribution in [1.29, 1.82) is 0 Å². The van der Waals surface area contributed by atoms with Crippen molar-refractivity contribution in [3.63, 3.8) is 0 Å². The van der Waals surface area contributed by atoms with E-state index < -0.39 is 44.3 Å². The smallest absolute Gasteiger partial charge is 0.356 e. The maximum atomic E-state index is 12.0. The number of aliphatic hydroxyl groups is 4. The second-order valence-electron chi connectivity index (χ2n) is 6.35. The SMILES string of the molecule is CCC(C)OP(=O)(O)C(O)C[C@@H](O)[C@@H](O)[C@@H](O)CNOCc1ccccc1. The van der Waals surface area contributed by atoms with Gasteiger partial charge in [0.05, 0.1) is 24.9 Å². The summed E-state index contributed by atoms with van der Waals surface area (Å²) in [6.07, 6.45) is -5.42. The van der Waals surface area contributed by atoms with E-state index in [1.807, 2.05) is 30.3 Å². The molecule has 0 aliphatic heterocycles. The van der Waals surface area contributed by atoms with Gasteiger partial charge in [-0.15, -0.1) is 0 Å². The Bertz CT molecular complexity index is 575. The Hall–Kier alpha value is -0.870. The molecule has 0 spiro atoms. The van der Waals surface area contributed by atoms with Gasteiger partial charge in [-0.05, 0) is 18.9 Å². The first-order chi connectivity index (χ1) is 12.7. The van der Waals surface area contributed by atoms with E-state index in [1.165, 1.54) is 0 Å². The van der Waals surface area contributed by atoms with Crippen LogP contribution >= 0.6 is 7.60 Å². The second kappa shape index (κ2) is 11.9. The molecule has 0 amide bonds. The Morgan fingerprint density at radius 1 is 1.11 bits per heavy atom. The predicted molar refractivity (Wildman–Crippen MR) is 98.5 cm³/mol. The van der Waals surface area contributed by atoms with Gasteiger partial charge in [-0.25, -0.2) is 0 Å². The van der Waals surface area contributed by atoms with Crippen molar-refractivity contribution in [1.82, 2.24) is 5.48 Å². The van der Waals surface area contributed by atoms with Crippen molar-refractivity contribution in [2.75, 3.05) is 6.54 Å². The molecule has 6 N–H and O–H groups in total. The lowest BCUT2D eigenvalue weighted by Crippen LogP contribution is -2.44. The van der Waals surface area contributed by atoms with Crippen molar-refractivity contribution in [3.05, 3.63) is 35.9 Å². The van der Waals surface area contributed by atoms with Gasteiger partial charge >= 0.3 is 7.60 Å². The van der Waals surface area contributed by atoms with E-state index in [0.717, 1.165) is 5.56 Å². The molecule has 3 unspecified atom stereocenters. The Balaban J connectivity index is 2.38. The highest BCUT2D eigenvalue weighted by atomic mass is 31.2. The Labute approximate surface area is 159 Å². The highest BCUT2D eigenvalue weighted by molar-refractivity contribution is 7.53. The first kappa shape index (κ1) is 24.2. The summed E-state index contributed by atoms with van der Waals surface area (Å²) in [7, 11) is -4.38. The predicted octanol–water partition coefficient (Wildman–Crippen LogP) is 0.499. The van der Waals surface area contributed by atoms with Gasteiger partial charge < -0.3 is 29.8 Å². The molecule has 0 aliphatic rings. The molecule has 0 bridgehead atoms. The van der Waals surface area contributed by atoms with Crippen molar-refractivity contribution in [2.24, 2.45) is 0 Å². The zero-order chi connectivity index (χ0) is 20.4. The number of rotatable bonds is 13. The molecule has 27 heavy (non-hydrogen) atoms. The number of hydrogen-bond acceptors (Lipinski definition) is 8. The number of hydroxylamine groups is 1. The summed E-state index contributed by atoms with van der Waals surface area (Å²) in [5, 5.41) is 39.6. The lowest BCUT2D eigenvalue weighted by molar-refractivity contribution is -0.0856. The first-order valence-electron chi connectivity index (χ1n) is 8.79. The molecule has 6 atom stereocenters. The molecule has 10 heteroatoms. The quantitative estimate of drug-likeness (QED) is 0.156. The van der Waals surface area contributed by atoms with E-state index in [1.54, 1.807) is 13.8 Å². The number of benzene rings is 1. The van der Waals surface area contributed by atoms with E-state index in [0.29, 0.717) is 6.42 Å². The summed E-state index contributed by atoms with van der Waals surface area (Å²) in [6.45, 7) is 3.37. The highest BCUT2D eigenvalue weighted by Gasteiger charge is 2.36. The summed E-state index contributed by atoms with van der Waals surface area (Å²) in [6, 6.07) is 9.28. The summed E-state index contributed by atoms with van der Waals surface area (Å²) >= 11 is 0. The van der Waals surface area contributed by atoms with Crippen LogP contribution in [0.4, 0.5) is 0 Å². The molecule has 1 aromatic carbocycles. The third kappa shape index (κ3) is 8.78. The van der Waals surface area contributed by atoms with E-state index in [2.05, 4.69) is 5.48 Å². The molecule has 1 aromatic rings. The molecule has 9 nitrogen and oxygen atoms in total. The van der Waals surface area contributed by atoms with Crippen LogP contribution in [-0.2, 0) is 20.5 Å². The third-order valence-corrected chi connectivity index (χ3v) is 5.63. The minimum Gasteiger partial charge on any atom is -0.390 e. The van der Waals surface area contributed by atoms with Crippen LogP contribution in [0.15, 0.2) is 30.3 Å². The zero-order valence-corrected chi connectivity index (χ0v) is 16.4. The van der Waals surface area contributed by atoms with Gasteiger partial charge in [-0.1, -0.05) is 37.3 Å². The molecule has 0 aromatic heterocycles. The molecule has 1 rings (SSSR count). The van der Waals surface area contributed by atoms with Crippen LogP contribution in [0.3, 0.4) is 0 Å². The molecule has 0 fully saturated rings. The average molecular weight is 407 g/mol. The molecule has 0 aliphatic carbocycles. The molecule has 0 radical (unpaired) electrons. The fourth-order valence-electron chi connectivity index (χ4n) is 2.12. The van der Waals surface area contributed by atoms with Crippen LogP contribution in [0.1, 0.15) is 32.3 Å². The van der Waals surface area contributed by atoms with Gasteiger partial charge in [-0.2, -0.15) is 5.48 Å². The van der Waals surface area contributed by atoms with Crippen LogP contribution in [0.2, 0.25) is 0 Å². The van der Waals surface area contributed by atoms with Gasteiger partial charge in [0.15, 0.2) is 5.85 Å². The average Bonchev–Trinajstić information content (AvgIpc) is 2.64. The van der Waals surface area contributed by atoms with Gasteiger partial charge in [-0.3, -0.25) is 9.40 Å². The van der Waals surface area contributed by atoms with Crippen molar-refractivity contribution in [2.45, 2.75) is 63.6 Å². The van der Waals surface area contributed by atoms with Crippen LogP contribution in [0.5, 0.6) is 0 Å². The van der Waals surface area contributed by atoms with Crippen LogP contribution < -0.4 is 5.48 Å². The maximum absolute atomic E-state index is 12.0. The summed E-state index contributed by atoms with van der Waals surface area (Å²) in [4.78, 5) is 14.9. The minimum atomic E-state index is -4.38. The molecule has 0 saturated heterocycles. The van der Waals surface area contributed by atoms with Crippen LogP contribution in [0.25, 0.3) is 0 Å². The van der Waals surface area contributed by atoms with Crippen molar-refractivity contribution < 1.29 is 39.2 Å². The van der Waals surface area contributed by atoms with E-state index in [9.17, 15) is 29.9 Å². The van der Waals surface area contributed by atoms with Gasteiger partial charge in [0.25, 0.3) is 0 Å². The van der Waals surface area contributed by atoms with Crippen LogP contribution in [0, 0.1) is 0 Å². The molecule has 156 valence electrons. The van der Waals surface area contributed by atoms with E-state index in [-0.39, 0.29) is 13.2 Å². The summed E-state index contributed by atoms with van der Waals surface area (Å²) in [5.41, 5.74) is 3.38. The topological polar surface area (TPSA) is 149 Å². The Kier molecular flexibility index (Phi) is 10.6. The molecular formula is C17H30NO8P. The first-order valence-corrected chi connectivity index (χ1v) is 10.4. The Morgan fingerprint density at radius 2 is 1.74 bits per heavy atom. The van der Waals surface area contributed by atoms with Crippen molar-refractivity contribution >= 4 is 7.60 Å². The summed E-state index contributed by atoms with van der Waals surface area (Å²) in [5.74, 6) is -1.88. The molecular weight excluding hydrogens is 377 g/mol. The van der Waals surface area contributed by atoms with Gasteiger partial charge in [0.2, 0.25) is 0 Å². The minimum absolute atomic E-state index is 0.193.